The molecule has 56 heavy (non-hydrogen) atoms. The van der Waals surface area contributed by atoms with Gasteiger partial charge >= 0.3 is 0 Å². The van der Waals surface area contributed by atoms with Crippen LogP contribution in [0.3, 0.4) is 0 Å². The van der Waals surface area contributed by atoms with E-state index in [2.05, 4.69) is 45.9 Å². The summed E-state index contributed by atoms with van der Waals surface area (Å²) in [6, 6.07) is 9.97. The van der Waals surface area contributed by atoms with Crippen LogP contribution in [0.5, 0.6) is 5.75 Å². The lowest BCUT2D eigenvalue weighted by molar-refractivity contribution is -0.134. The van der Waals surface area contributed by atoms with Crippen LogP contribution < -0.4 is 41.4 Å². The summed E-state index contributed by atoms with van der Waals surface area (Å²) in [6.45, 7) is 5.86. The van der Waals surface area contributed by atoms with E-state index in [1.54, 1.807) is 31.6 Å². The summed E-state index contributed by atoms with van der Waals surface area (Å²) < 4.78 is 6.98. The molecule has 3 saturated heterocycles. The maximum absolute atomic E-state index is 12.8. The molecule has 3 aliphatic rings. The summed E-state index contributed by atoms with van der Waals surface area (Å²) in [4.78, 5) is 81.1. The number of pyridine rings is 2. The fraction of sp³-hybridized carbons (Fsp3) is 0.421. The molecule has 3 aromatic heterocycles. The predicted octanol–water partition coefficient (Wildman–Crippen LogP) is 1.82. The van der Waals surface area contributed by atoms with Crippen molar-refractivity contribution in [2.24, 2.45) is 13.0 Å². The number of nitrogens with zero attached hydrogens (tertiary/aromatic N) is 7. The van der Waals surface area contributed by atoms with Gasteiger partial charge in [-0.25, -0.2) is 9.97 Å². The molecule has 0 bridgehead atoms. The van der Waals surface area contributed by atoms with Crippen LogP contribution in [-0.2, 0) is 21.4 Å². The van der Waals surface area contributed by atoms with Gasteiger partial charge in [-0.15, -0.1) is 0 Å². The molecule has 17 nitrogen and oxygen atoms in total. The number of imide groups is 1. The molecular formula is C38H44ClN11O6. The molecule has 1 atom stereocenters. The van der Waals surface area contributed by atoms with Gasteiger partial charge < -0.3 is 35.1 Å². The van der Waals surface area contributed by atoms with Crippen molar-refractivity contribution >= 4 is 69.3 Å². The Hall–Kier alpha value is -5.81. The van der Waals surface area contributed by atoms with Crippen molar-refractivity contribution in [3.63, 3.8) is 0 Å². The van der Waals surface area contributed by atoms with Crippen LogP contribution in [0.1, 0.15) is 36.2 Å². The van der Waals surface area contributed by atoms with Crippen molar-refractivity contribution in [1.82, 2.24) is 40.4 Å². The van der Waals surface area contributed by atoms with Crippen LogP contribution in [0, 0.1) is 5.92 Å². The monoisotopic (exact) mass is 785 g/mol. The van der Waals surface area contributed by atoms with E-state index in [0.717, 1.165) is 69.7 Å². The van der Waals surface area contributed by atoms with Crippen molar-refractivity contribution in [3.8, 4) is 5.75 Å². The standard InChI is InChI=1S/C38H44ClN11O6/c1-40-33(52)22-56-31-18-24-17-25(3-7-30(24)47(2)37(31)55)43-34-27(39)20-42-38(46-34)50-15-13-48(14-16-50)21-23-9-11-49(12-10-23)26-4-5-28(41-19-26)35(53)44-29-6-8-32(51)45-36(29)54/h3-5,7,17-20,23,29H,6,8-16,21-22H2,1-2H3,(H,40,52)(H,44,53)(H,42,43,46)(H,45,51,54). The van der Waals surface area contributed by atoms with Gasteiger partial charge in [-0.3, -0.25) is 34.2 Å². The molecule has 4 aromatic rings. The third-order valence-electron chi connectivity index (χ3n) is 10.5. The second-order valence-corrected chi connectivity index (χ2v) is 14.6. The first-order valence-corrected chi connectivity index (χ1v) is 19.0. The Kier molecular flexibility index (Phi) is 11.6. The summed E-state index contributed by atoms with van der Waals surface area (Å²) >= 11 is 6.54. The van der Waals surface area contributed by atoms with Gasteiger partial charge in [0, 0.05) is 77.4 Å². The molecule has 18 heteroatoms. The molecule has 0 aliphatic carbocycles. The molecule has 3 fully saturated rings. The predicted molar refractivity (Wildman–Crippen MR) is 211 cm³/mol. The Labute approximate surface area is 327 Å². The maximum Gasteiger partial charge on any atom is 0.293 e. The van der Waals surface area contributed by atoms with Gasteiger partial charge in [0.05, 0.1) is 23.6 Å². The third-order valence-corrected chi connectivity index (χ3v) is 10.8. The van der Waals surface area contributed by atoms with Crippen molar-refractivity contribution in [2.75, 3.05) is 74.6 Å². The minimum Gasteiger partial charge on any atom is -0.478 e. The zero-order chi connectivity index (χ0) is 39.3. The van der Waals surface area contributed by atoms with Crippen molar-refractivity contribution in [2.45, 2.75) is 31.7 Å². The van der Waals surface area contributed by atoms with E-state index < -0.39 is 17.9 Å². The second kappa shape index (κ2) is 16.9. The number of hydrogen-bond acceptors (Lipinski definition) is 13. The highest BCUT2D eigenvalue weighted by Gasteiger charge is 2.29. The summed E-state index contributed by atoms with van der Waals surface area (Å²) in [5, 5.41) is 11.8. The van der Waals surface area contributed by atoms with Gasteiger partial charge in [-0.2, -0.15) is 4.98 Å². The Balaban J connectivity index is 0.888. The number of piperazine rings is 1. The average Bonchev–Trinajstić information content (AvgIpc) is 3.21. The molecule has 3 aliphatic heterocycles. The van der Waals surface area contributed by atoms with Gasteiger partial charge in [0.15, 0.2) is 18.2 Å². The summed E-state index contributed by atoms with van der Waals surface area (Å²) in [7, 11) is 3.16. The van der Waals surface area contributed by atoms with E-state index in [-0.39, 0.29) is 48.3 Å². The number of fused-ring (bicyclic) bond motifs is 1. The number of rotatable bonds is 11. The third kappa shape index (κ3) is 8.84. The van der Waals surface area contributed by atoms with Crippen LogP contribution in [0.15, 0.2) is 53.6 Å². The Bertz CT molecular complexity index is 2180. The van der Waals surface area contributed by atoms with E-state index in [4.69, 9.17) is 21.3 Å². The fourth-order valence-corrected chi connectivity index (χ4v) is 7.36. The number of amides is 4. The molecule has 1 aromatic carbocycles. The molecule has 1 unspecified atom stereocenters. The Morgan fingerprint density at radius 1 is 0.946 bits per heavy atom. The average molecular weight is 786 g/mol. The van der Waals surface area contributed by atoms with Crippen molar-refractivity contribution in [1.29, 1.82) is 0 Å². The first kappa shape index (κ1) is 38.5. The normalized spacial score (nSPS) is 18.1. The van der Waals surface area contributed by atoms with Gasteiger partial charge in [0.1, 0.15) is 16.8 Å². The summed E-state index contributed by atoms with van der Waals surface area (Å²) in [5.74, 6) is 0.0945. The van der Waals surface area contributed by atoms with Crippen LogP contribution in [0.2, 0.25) is 5.02 Å². The molecule has 294 valence electrons. The quantitative estimate of drug-likeness (QED) is 0.161. The number of carbonyl (C=O) groups is 4. The number of aromatic nitrogens is 4. The fourth-order valence-electron chi connectivity index (χ4n) is 7.22. The number of carbonyl (C=O) groups excluding carboxylic acids is 4. The van der Waals surface area contributed by atoms with Gasteiger partial charge in [-0.1, -0.05) is 11.6 Å². The van der Waals surface area contributed by atoms with E-state index in [1.807, 2.05) is 24.3 Å². The number of hydrogen-bond donors (Lipinski definition) is 4. The summed E-state index contributed by atoms with van der Waals surface area (Å²) in [6.07, 6.45) is 5.86. The number of anilines is 4. The molecule has 7 rings (SSSR count). The van der Waals surface area contributed by atoms with Crippen LogP contribution in [0.25, 0.3) is 10.9 Å². The lowest BCUT2D eigenvalue weighted by Crippen LogP contribution is -2.52. The first-order valence-electron chi connectivity index (χ1n) is 18.6. The number of halogens is 1. The molecule has 4 N–H and O–H groups in total. The highest BCUT2D eigenvalue weighted by atomic mass is 35.5. The minimum absolute atomic E-state index is 0.0757. The van der Waals surface area contributed by atoms with Gasteiger partial charge in [-0.05, 0) is 61.6 Å². The van der Waals surface area contributed by atoms with Crippen molar-refractivity contribution < 1.29 is 23.9 Å². The molecular weight excluding hydrogens is 742 g/mol. The van der Waals surface area contributed by atoms with E-state index in [1.165, 1.54) is 11.6 Å². The van der Waals surface area contributed by atoms with Crippen LogP contribution in [-0.4, -0.2) is 114 Å². The van der Waals surface area contributed by atoms with E-state index in [9.17, 15) is 24.0 Å². The van der Waals surface area contributed by atoms with Crippen LogP contribution in [0.4, 0.5) is 23.1 Å². The number of benzene rings is 1. The van der Waals surface area contributed by atoms with Crippen LogP contribution >= 0.6 is 11.6 Å². The molecule has 0 saturated carbocycles. The lowest BCUT2D eigenvalue weighted by Gasteiger charge is -2.39. The number of likely N-dealkylation sites (N-methyl/N-ethyl adjacent to an activating group) is 1. The molecule has 0 spiro atoms. The smallest absolute Gasteiger partial charge is 0.293 e. The number of nitrogens with one attached hydrogen (secondary N) is 4. The van der Waals surface area contributed by atoms with E-state index in [0.29, 0.717) is 33.9 Å². The molecule has 0 radical (unpaired) electrons. The number of aryl methyl sites for hydroxylation is 1. The Morgan fingerprint density at radius 3 is 2.45 bits per heavy atom. The highest BCUT2D eigenvalue weighted by molar-refractivity contribution is 6.33. The first-order chi connectivity index (χ1) is 27.0. The molecule has 6 heterocycles. The zero-order valence-electron chi connectivity index (χ0n) is 31.2. The summed E-state index contributed by atoms with van der Waals surface area (Å²) in [5.41, 5.74) is 2.25. The SMILES string of the molecule is CNC(=O)COc1cc2cc(Nc3nc(N4CCN(CC5CCN(c6ccc(C(=O)NC7CCC(=O)NC7=O)nc6)CC5)CC4)ncc3Cl)ccc2n(C)c1=O. The lowest BCUT2D eigenvalue weighted by atomic mass is 9.95. The largest absolute Gasteiger partial charge is 0.478 e. The van der Waals surface area contributed by atoms with Gasteiger partial charge in [0.2, 0.25) is 17.8 Å². The van der Waals surface area contributed by atoms with E-state index >= 15 is 0 Å². The minimum atomic E-state index is -0.742. The number of ether oxygens (including phenoxy) is 1. The van der Waals surface area contributed by atoms with Gasteiger partial charge in [0.25, 0.3) is 17.4 Å². The second-order valence-electron chi connectivity index (χ2n) is 14.2. The topological polar surface area (TPSA) is 196 Å². The molecule has 4 amide bonds. The van der Waals surface area contributed by atoms with Crippen molar-refractivity contribution in [3.05, 3.63) is 69.9 Å². The zero-order valence-corrected chi connectivity index (χ0v) is 32.0. The Morgan fingerprint density at radius 2 is 1.73 bits per heavy atom. The number of piperidine rings is 2. The highest BCUT2D eigenvalue weighted by Crippen LogP contribution is 2.29. The maximum atomic E-state index is 12.8.